The normalized spacial score (nSPS) is 17.9. The number of hydrogen-bond acceptors (Lipinski definition) is 3. The second-order valence-electron chi connectivity index (χ2n) is 6.67. The number of alkyl halides is 3. The Morgan fingerprint density at radius 2 is 1.86 bits per heavy atom. The highest BCUT2D eigenvalue weighted by molar-refractivity contribution is 6.05. The standard InChI is InChI=1S/C20H17F3N4O/c1-27-11-24-16(12-5-7-14(8-6-12)20(21,22)23)10-17(27)25-15-4-2-3-13-9-18(28)26-19(13)15/h2-8,10,24H,9,11H2,1H3,(H,26,28). The number of nitrogens with zero attached hydrogens (tertiary/aromatic N) is 2. The Labute approximate surface area is 159 Å². The van der Waals surface area contributed by atoms with Crippen LogP contribution in [0.2, 0.25) is 0 Å². The van der Waals surface area contributed by atoms with Crippen LogP contribution in [-0.2, 0) is 17.4 Å². The highest BCUT2D eigenvalue weighted by atomic mass is 19.4. The van der Waals surface area contributed by atoms with Crippen LogP contribution in [0.1, 0.15) is 16.7 Å². The molecule has 0 aliphatic carbocycles. The van der Waals surface area contributed by atoms with Crippen LogP contribution in [0.3, 0.4) is 0 Å². The SMILES string of the molecule is CN1CNC(c2ccc(C(F)(F)F)cc2)=CC1=Nc1cccc2c1NC(=O)C2. The molecule has 144 valence electrons. The van der Waals surface area contributed by atoms with Gasteiger partial charge in [0.1, 0.15) is 5.84 Å². The number of nitrogens with one attached hydrogen (secondary N) is 2. The van der Waals surface area contributed by atoms with Gasteiger partial charge >= 0.3 is 6.18 Å². The summed E-state index contributed by atoms with van der Waals surface area (Å²) in [4.78, 5) is 18.2. The van der Waals surface area contributed by atoms with Gasteiger partial charge in [0.15, 0.2) is 0 Å². The molecule has 1 amide bonds. The minimum Gasteiger partial charge on any atom is -0.367 e. The summed E-state index contributed by atoms with van der Waals surface area (Å²) in [6.45, 7) is 0.451. The van der Waals surface area contributed by atoms with Crippen molar-refractivity contribution in [2.75, 3.05) is 19.0 Å². The molecule has 0 bridgehead atoms. The van der Waals surface area contributed by atoms with Crippen molar-refractivity contribution in [3.8, 4) is 0 Å². The summed E-state index contributed by atoms with van der Waals surface area (Å²) in [6, 6.07) is 10.5. The molecule has 2 aromatic rings. The van der Waals surface area contributed by atoms with Crippen molar-refractivity contribution in [2.45, 2.75) is 12.6 Å². The van der Waals surface area contributed by atoms with E-state index in [9.17, 15) is 18.0 Å². The Morgan fingerprint density at radius 3 is 2.57 bits per heavy atom. The number of para-hydroxylation sites is 1. The maximum Gasteiger partial charge on any atom is 0.416 e. The molecule has 0 fully saturated rings. The predicted octanol–water partition coefficient (Wildman–Crippen LogP) is 3.76. The van der Waals surface area contributed by atoms with Gasteiger partial charge in [-0.3, -0.25) is 4.79 Å². The van der Waals surface area contributed by atoms with E-state index in [-0.39, 0.29) is 5.91 Å². The zero-order chi connectivity index (χ0) is 19.9. The van der Waals surface area contributed by atoms with Gasteiger partial charge in [-0.25, -0.2) is 4.99 Å². The first-order valence-electron chi connectivity index (χ1n) is 8.66. The van der Waals surface area contributed by atoms with E-state index in [0.717, 1.165) is 17.7 Å². The number of halogens is 3. The summed E-state index contributed by atoms with van der Waals surface area (Å²) in [5, 5.41) is 6.00. The van der Waals surface area contributed by atoms with Gasteiger partial charge in [-0.2, -0.15) is 13.2 Å². The summed E-state index contributed by atoms with van der Waals surface area (Å²) < 4.78 is 38.3. The third kappa shape index (κ3) is 3.45. The molecule has 8 heteroatoms. The second kappa shape index (κ2) is 6.70. The van der Waals surface area contributed by atoms with Crippen LogP contribution in [0.25, 0.3) is 5.70 Å². The summed E-state index contributed by atoms with van der Waals surface area (Å²) in [5.74, 6) is 0.575. The van der Waals surface area contributed by atoms with Gasteiger partial charge in [0, 0.05) is 18.8 Å². The number of rotatable bonds is 2. The van der Waals surface area contributed by atoms with Crippen molar-refractivity contribution in [1.82, 2.24) is 10.2 Å². The van der Waals surface area contributed by atoms with Crippen molar-refractivity contribution in [3.05, 3.63) is 65.2 Å². The number of amidine groups is 1. The smallest absolute Gasteiger partial charge is 0.367 e. The zero-order valence-electron chi connectivity index (χ0n) is 15.0. The van der Waals surface area contributed by atoms with Gasteiger partial charge in [-0.15, -0.1) is 0 Å². The van der Waals surface area contributed by atoms with Gasteiger partial charge < -0.3 is 15.5 Å². The van der Waals surface area contributed by atoms with Crippen molar-refractivity contribution in [3.63, 3.8) is 0 Å². The van der Waals surface area contributed by atoms with Crippen molar-refractivity contribution >= 4 is 28.8 Å². The molecule has 2 heterocycles. The Kier molecular flexibility index (Phi) is 4.33. The van der Waals surface area contributed by atoms with E-state index in [1.54, 1.807) is 6.08 Å². The van der Waals surface area contributed by atoms with Gasteiger partial charge in [0.05, 0.1) is 30.0 Å². The van der Waals surface area contributed by atoms with Crippen LogP contribution >= 0.6 is 0 Å². The number of hydrogen-bond donors (Lipinski definition) is 2. The van der Waals surface area contributed by atoms with E-state index in [0.29, 0.717) is 41.6 Å². The van der Waals surface area contributed by atoms with Crippen LogP contribution in [0.4, 0.5) is 24.5 Å². The topological polar surface area (TPSA) is 56.7 Å². The maximum atomic E-state index is 12.8. The second-order valence-corrected chi connectivity index (χ2v) is 6.67. The zero-order valence-corrected chi connectivity index (χ0v) is 15.0. The van der Waals surface area contributed by atoms with E-state index in [1.165, 1.54) is 12.1 Å². The highest BCUT2D eigenvalue weighted by Gasteiger charge is 2.30. The number of likely N-dealkylation sites (N-methyl/N-ethyl adjacent to an activating group) is 1. The van der Waals surface area contributed by atoms with Gasteiger partial charge in [-0.05, 0) is 29.3 Å². The highest BCUT2D eigenvalue weighted by Crippen LogP contribution is 2.34. The first-order valence-corrected chi connectivity index (χ1v) is 8.66. The third-order valence-electron chi connectivity index (χ3n) is 4.67. The van der Waals surface area contributed by atoms with Crippen LogP contribution in [-0.4, -0.2) is 30.4 Å². The fourth-order valence-corrected chi connectivity index (χ4v) is 3.17. The quantitative estimate of drug-likeness (QED) is 0.826. The minimum absolute atomic E-state index is 0.0673. The molecule has 0 radical (unpaired) electrons. The van der Waals surface area contributed by atoms with E-state index < -0.39 is 11.7 Å². The molecule has 0 aromatic heterocycles. The average Bonchev–Trinajstić information content (AvgIpc) is 3.04. The molecular formula is C20H17F3N4O. The molecule has 2 aliphatic heterocycles. The lowest BCUT2D eigenvalue weighted by Crippen LogP contribution is -2.38. The Hall–Kier alpha value is -3.29. The molecule has 0 spiro atoms. The van der Waals surface area contributed by atoms with Gasteiger partial charge in [-0.1, -0.05) is 24.3 Å². The van der Waals surface area contributed by atoms with Crippen LogP contribution in [0.5, 0.6) is 0 Å². The molecule has 0 unspecified atom stereocenters. The largest absolute Gasteiger partial charge is 0.416 e. The molecule has 2 N–H and O–H groups in total. The van der Waals surface area contributed by atoms with Crippen LogP contribution in [0.15, 0.2) is 53.5 Å². The summed E-state index contributed by atoms with van der Waals surface area (Å²) >= 11 is 0. The molecule has 5 nitrogen and oxygen atoms in total. The lowest BCUT2D eigenvalue weighted by molar-refractivity contribution is -0.137. The van der Waals surface area contributed by atoms with E-state index in [1.807, 2.05) is 30.1 Å². The minimum atomic E-state index is -4.36. The number of amides is 1. The number of carbonyl (C=O) groups excluding carboxylic acids is 1. The molecule has 0 saturated heterocycles. The number of carbonyl (C=O) groups is 1. The molecular weight excluding hydrogens is 369 g/mol. The third-order valence-corrected chi connectivity index (χ3v) is 4.67. The Bertz CT molecular complexity index is 994. The molecule has 28 heavy (non-hydrogen) atoms. The number of fused-ring (bicyclic) bond motifs is 1. The summed E-state index contributed by atoms with van der Waals surface area (Å²) in [5.41, 5.74) is 2.89. The Balaban J connectivity index is 1.68. The first-order chi connectivity index (χ1) is 13.3. The Morgan fingerprint density at radius 1 is 1.11 bits per heavy atom. The molecule has 0 atom stereocenters. The van der Waals surface area contributed by atoms with Crippen LogP contribution < -0.4 is 10.6 Å². The number of benzene rings is 2. The molecule has 2 aromatic carbocycles. The van der Waals surface area contributed by atoms with Crippen molar-refractivity contribution in [1.29, 1.82) is 0 Å². The van der Waals surface area contributed by atoms with E-state index >= 15 is 0 Å². The fraction of sp³-hybridized carbons (Fsp3) is 0.200. The molecule has 0 saturated carbocycles. The molecule has 4 rings (SSSR count). The predicted molar refractivity (Wildman–Crippen MR) is 101 cm³/mol. The summed E-state index contributed by atoms with van der Waals surface area (Å²) in [7, 11) is 1.85. The lowest BCUT2D eigenvalue weighted by Gasteiger charge is -2.27. The summed E-state index contributed by atoms with van der Waals surface area (Å²) in [6.07, 6.45) is -2.25. The lowest BCUT2D eigenvalue weighted by atomic mass is 10.1. The average molecular weight is 386 g/mol. The van der Waals surface area contributed by atoms with Gasteiger partial charge in [0.25, 0.3) is 0 Å². The fourth-order valence-electron chi connectivity index (χ4n) is 3.17. The van der Waals surface area contributed by atoms with Crippen molar-refractivity contribution in [2.24, 2.45) is 4.99 Å². The maximum absolute atomic E-state index is 12.8. The number of aliphatic imine (C=N–C) groups is 1. The van der Waals surface area contributed by atoms with E-state index in [4.69, 9.17) is 0 Å². The van der Waals surface area contributed by atoms with E-state index in [2.05, 4.69) is 15.6 Å². The molecule has 2 aliphatic rings. The van der Waals surface area contributed by atoms with Gasteiger partial charge in [0.2, 0.25) is 5.91 Å². The first kappa shape index (κ1) is 18.1. The van der Waals surface area contributed by atoms with Crippen LogP contribution in [0, 0.1) is 0 Å². The monoisotopic (exact) mass is 386 g/mol. The van der Waals surface area contributed by atoms with Crippen molar-refractivity contribution < 1.29 is 18.0 Å². The number of anilines is 1.